The van der Waals surface area contributed by atoms with Crippen molar-refractivity contribution in [2.45, 2.75) is 12.5 Å². The molecule has 0 fully saturated rings. The molecule has 1 amide bonds. The van der Waals surface area contributed by atoms with Crippen molar-refractivity contribution in [3.05, 3.63) is 35.9 Å². The van der Waals surface area contributed by atoms with E-state index >= 15 is 0 Å². The number of carbonyl (C=O) groups is 2. The van der Waals surface area contributed by atoms with Crippen LogP contribution in [0.4, 0.5) is 0 Å². The molecule has 0 spiro atoms. The number of rotatable bonds is 7. The second kappa shape index (κ2) is 8.16. The third-order valence-electron chi connectivity index (χ3n) is 2.32. The van der Waals surface area contributed by atoms with Gasteiger partial charge in [0.15, 0.2) is 0 Å². The molecule has 1 atom stereocenters. The van der Waals surface area contributed by atoms with Crippen LogP contribution in [0.1, 0.15) is 18.0 Å². The van der Waals surface area contributed by atoms with Gasteiger partial charge in [-0.2, -0.15) is 5.26 Å². The van der Waals surface area contributed by atoms with Gasteiger partial charge in [0.2, 0.25) is 5.91 Å². The van der Waals surface area contributed by atoms with E-state index in [0.717, 1.165) is 5.56 Å². The number of hydrogen-bond donors (Lipinski definition) is 2. The molecule has 0 aliphatic rings. The van der Waals surface area contributed by atoms with Crippen LogP contribution in [0, 0.1) is 11.3 Å². The molecule has 0 aliphatic carbocycles. The fourth-order valence-corrected chi connectivity index (χ4v) is 2.00. The molecule has 0 radical (unpaired) electrons. The van der Waals surface area contributed by atoms with E-state index in [1.807, 2.05) is 12.1 Å². The summed E-state index contributed by atoms with van der Waals surface area (Å²) >= 11 is 1.20. The average Bonchev–Trinajstić information content (AvgIpc) is 2.39. The summed E-state index contributed by atoms with van der Waals surface area (Å²) in [6.07, 6.45) is -0.168. The van der Waals surface area contributed by atoms with Gasteiger partial charge in [-0.25, -0.2) is 0 Å². The Balaban J connectivity index is 2.63. The number of aliphatic carboxylic acids is 1. The fourth-order valence-electron chi connectivity index (χ4n) is 1.54. The number of nitrogens with zero attached hydrogens (tertiary/aromatic N) is 1. The van der Waals surface area contributed by atoms with Crippen molar-refractivity contribution in [1.82, 2.24) is 5.32 Å². The van der Waals surface area contributed by atoms with Crippen molar-refractivity contribution in [1.29, 1.82) is 5.26 Å². The van der Waals surface area contributed by atoms with Crippen molar-refractivity contribution in [2.24, 2.45) is 0 Å². The molecule has 100 valence electrons. The Morgan fingerprint density at radius 2 is 2.05 bits per heavy atom. The first kappa shape index (κ1) is 15.1. The molecule has 0 saturated carbocycles. The highest BCUT2D eigenvalue weighted by Gasteiger charge is 2.17. The van der Waals surface area contributed by atoms with Crippen molar-refractivity contribution < 1.29 is 14.7 Å². The first-order valence-corrected chi connectivity index (χ1v) is 6.79. The van der Waals surface area contributed by atoms with E-state index in [-0.39, 0.29) is 23.8 Å². The van der Waals surface area contributed by atoms with Gasteiger partial charge in [0, 0.05) is 0 Å². The number of carboxylic acid groups (broad SMARTS) is 1. The Morgan fingerprint density at radius 1 is 1.37 bits per heavy atom. The van der Waals surface area contributed by atoms with Crippen LogP contribution in [0.3, 0.4) is 0 Å². The minimum Gasteiger partial charge on any atom is -0.481 e. The molecule has 0 aromatic heterocycles. The quantitative estimate of drug-likeness (QED) is 0.739. The average molecular weight is 278 g/mol. The SMILES string of the molecule is N#CCSCC(=O)NC(CC(=O)O)c1ccccc1. The van der Waals surface area contributed by atoms with E-state index in [9.17, 15) is 9.59 Å². The fraction of sp³-hybridized carbons (Fsp3) is 0.308. The Morgan fingerprint density at radius 3 is 2.63 bits per heavy atom. The molecule has 5 nitrogen and oxygen atoms in total. The summed E-state index contributed by atoms with van der Waals surface area (Å²) in [5.41, 5.74) is 0.753. The number of carbonyl (C=O) groups excluding carboxylic acids is 1. The predicted octanol–water partition coefficient (Wildman–Crippen LogP) is 1.58. The summed E-state index contributed by atoms with van der Waals surface area (Å²) < 4.78 is 0. The summed E-state index contributed by atoms with van der Waals surface area (Å²) in [4.78, 5) is 22.5. The maximum atomic E-state index is 11.6. The van der Waals surface area contributed by atoms with E-state index in [4.69, 9.17) is 10.4 Å². The maximum absolute atomic E-state index is 11.6. The van der Waals surface area contributed by atoms with E-state index in [1.54, 1.807) is 24.3 Å². The molecular weight excluding hydrogens is 264 g/mol. The van der Waals surface area contributed by atoms with Crippen LogP contribution in [-0.2, 0) is 9.59 Å². The van der Waals surface area contributed by atoms with Crippen molar-refractivity contribution in [3.63, 3.8) is 0 Å². The lowest BCUT2D eigenvalue weighted by Crippen LogP contribution is -2.31. The van der Waals surface area contributed by atoms with Gasteiger partial charge in [0.05, 0.1) is 30.0 Å². The molecular formula is C13H14N2O3S. The minimum atomic E-state index is -0.973. The van der Waals surface area contributed by atoms with Gasteiger partial charge in [-0.05, 0) is 5.56 Å². The van der Waals surface area contributed by atoms with E-state index in [2.05, 4.69) is 5.32 Å². The molecule has 19 heavy (non-hydrogen) atoms. The Hall–Kier alpha value is -2.00. The first-order valence-electron chi connectivity index (χ1n) is 5.64. The molecule has 0 saturated heterocycles. The maximum Gasteiger partial charge on any atom is 0.305 e. The highest BCUT2D eigenvalue weighted by atomic mass is 32.2. The van der Waals surface area contributed by atoms with Gasteiger partial charge in [-0.15, -0.1) is 11.8 Å². The van der Waals surface area contributed by atoms with Crippen LogP contribution in [0.25, 0.3) is 0 Å². The van der Waals surface area contributed by atoms with Gasteiger partial charge in [0.25, 0.3) is 0 Å². The summed E-state index contributed by atoms with van der Waals surface area (Å²) in [6, 6.07) is 10.3. The molecule has 0 heterocycles. The summed E-state index contributed by atoms with van der Waals surface area (Å²) in [6.45, 7) is 0. The molecule has 6 heteroatoms. The van der Waals surface area contributed by atoms with Crippen LogP contribution in [0.15, 0.2) is 30.3 Å². The van der Waals surface area contributed by atoms with E-state index < -0.39 is 12.0 Å². The predicted molar refractivity (Wildman–Crippen MR) is 72.5 cm³/mol. The Labute approximate surface area is 115 Å². The number of thioether (sulfide) groups is 1. The van der Waals surface area contributed by atoms with Crippen molar-refractivity contribution in [2.75, 3.05) is 11.5 Å². The highest BCUT2D eigenvalue weighted by Crippen LogP contribution is 2.16. The molecule has 1 aromatic rings. The molecule has 1 rings (SSSR count). The Bertz CT molecular complexity index is 471. The number of nitriles is 1. The second-order valence-corrected chi connectivity index (χ2v) is 4.77. The van der Waals surface area contributed by atoms with Gasteiger partial charge in [0.1, 0.15) is 0 Å². The van der Waals surface area contributed by atoms with Crippen molar-refractivity contribution in [3.8, 4) is 6.07 Å². The zero-order valence-electron chi connectivity index (χ0n) is 10.2. The smallest absolute Gasteiger partial charge is 0.305 e. The van der Waals surface area contributed by atoms with Gasteiger partial charge < -0.3 is 10.4 Å². The summed E-state index contributed by atoms with van der Waals surface area (Å²) in [5.74, 6) is -0.854. The zero-order chi connectivity index (χ0) is 14.1. The largest absolute Gasteiger partial charge is 0.481 e. The van der Waals surface area contributed by atoms with Crippen LogP contribution < -0.4 is 5.32 Å². The third kappa shape index (κ3) is 5.93. The standard InChI is InChI=1S/C13H14N2O3S/c14-6-7-19-9-12(16)15-11(8-13(17)18)10-4-2-1-3-5-10/h1-5,11H,7-9H2,(H,15,16)(H,17,18). The summed E-state index contributed by atoms with van der Waals surface area (Å²) in [7, 11) is 0. The van der Waals surface area contributed by atoms with E-state index in [1.165, 1.54) is 11.8 Å². The normalized spacial score (nSPS) is 11.3. The highest BCUT2D eigenvalue weighted by molar-refractivity contribution is 8.00. The van der Waals surface area contributed by atoms with Gasteiger partial charge in [-0.3, -0.25) is 9.59 Å². The third-order valence-corrected chi connectivity index (χ3v) is 3.12. The molecule has 0 bridgehead atoms. The first-order chi connectivity index (χ1) is 9.13. The molecule has 1 aromatic carbocycles. The Kier molecular flexibility index (Phi) is 6.47. The number of amides is 1. The number of carboxylic acids is 1. The van der Waals surface area contributed by atoms with Gasteiger partial charge >= 0.3 is 5.97 Å². The van der Waals surface area contributed by atoms with Crippen LogP contribution in [0.2, 0.25) is 0 Å². The lowest BCUT2D eigenvalue weighted by molar-refractivity contribution is -0.137. The second-order valence-electron chi connectivity index (χ2n) is 3.78. The zero-order valence-corrected chi connectivity index (χ0v) is 11.0. The number of benzene rings is 1. The number of hydrogen-bond acceptors (Lipinski definition) is 4. The molecule has 2 N–H and O–H groups in total. The van der Waals surface area contributed by atoms with Crippen molar-refractivity contribution >= 4 is 23.6 Å². The van der Waals surface area contributed by atoms with Gasteiger partial charge in [-0.1, -0.05) is 30.3 Å². The molecule has 1 unspecified atom stereocenters. The van der Waals surface area contributed by atoms with Crippen LogP contribution in [-0.4, -0.2) is 28.5 Å². The topological polar surface area (TPSA) is 90.2 Å². The monoisotopic (exact) mass is 278 g/mol. The summed E-state index contributed by atoms with van der Waals surface area (Å²) in [5, 5.41) is 19.9. The number of nitrogens with one attached hydrogen (secondary N) is 1. The minimum absolute atomic E-state index is 0.149. The van der Waals surface area contributed by atoms with Crippen LogP contribution in [0.5, 0.6) is 0 Å². The van der Waals surface area contributed by atoms with Crippen LogP contribution >= 0.6 is 11.8 Å². The van der Waals surface area contributed by atoms with E-state index in [0.29, 0.717) is 0 Å². The molecule has 0 aliphatic heterocycles. The lowest BCUT2D eigenvalue weighted by Gasteiger charge is -2.17. The lowest BCUT2D eigenvalue weighted by atomic mass is 10.0.